The molecule has 0 fully saturated rings. The van der Waals surface area contributed by atoms with Crippen LogP contribution >= 0.6 is 22.9 Å². The zero-order valence-electron chi connectivity index (χ0n) is 11.2. The lowest BCUT2D eigenvalue weighted by molar-refractivity contribution is 0.0951. The number of hydrogen-bond donors (Lipinski definition) is 2. The molecule has 0 aliphatic heterocycles. The highest BCUT2D eigenvalue weighted by Crippen LogP contribution is 2.18. The summed E-state index contributed by atoms with van der Waals surface area (Å²) < 4.78 is 0. The molecular weight excluding hydrogens is 296 g/mol. The topological polar surface area (TPSA) is 66.9 Å². The average Bonchev–Trinajstić information content (AvgIpc) is 2.84. The molecule has 20 heavy (non-hydrogen) atoms. The zero-order valence-corrected chi connectivity index (χ0v) is 12.8. The number of thiazole rings is 1. The van der Waals surface area contributed by atoms with Gasteiger partial charge in [-0.25, -0.2) is 9.97 Å². The molecule has 0 aromatic carbocycles. The van der Waals surface area contributed by atoms with E-state index >= 15 is 0 Å². The smallest absolute Gasteiger partial charge is 0.253 e. The van der Waals surface area contributed by atoms with Crippen LogP contribution in [0.25, 0.3) is 0 Å². The van der Waals surface area contributed by atoms with Crippen molar-refractivity contribution in [1.29, 1.82) is 0 Å². The highest BCUT2D eigenvalue weighted by Gasteiger charge is 2.12. The predicted molar refractivity (Wildman–Crippen MR) is 81.4 cm³/mol. The average molecular weight is 311 g/mol. The van der Waals surface area contributed by atoms with E-state index in [2.05, 4.69) is 20.6 Å². The zero-order chi connectivity index (χ0) is 14.5. The van der Waals surface area contributed by atoms with Crippen molar-refractivity contribution in [3.05, 3.63) is 38.9 Å². The Kier molecular flexibility index (Phi) is 4.92. The van der Waals surface area contributed by atoms with E-state index in [-0.39, 0.29) is 5.91 Å². The molecule has 0 saturated carbocycles. The van der Waals surface area contributed by atoms with E-state index in [0.717, 1.165) is 16.4 Å². The van der Waals surface area contributed by atoms with Crippen molar-refractivity contribution in [2.24, 2.45) is 0 Å². The van der Waals surface area contributed by atoms with Crippen molar-refractivity contribution >= 4 is 34.7 Å². The number of aryl methyl sites for hydroxylation is 1. The highest BCUT2D eigenvalue weighted by molar-refractivity contribution is 7.11. The molecule has 0 aliphatic carbocycles. The minimum Gasteiger partial charge on any atom is -0.370 e. The second kappa shape index (κ2) is 6.67. The first-order chi connectivity index (χ1) is 9.60. The van der Waals surface area contributed by atoms with Crippen LogP contribution < -0.4 is 10.6 Å². The molecule has 5 nitrogen and oxygen atoms in total. The maximum atomic E-state index is 12.1. The summed E-state index contributed by atoms with van der Waals surface area (Å²) in [6, 6.07) is 1.65. The molecule has 0 atom stereocenters. The van der Waals surface area contributed by atoms with Crippen molar-refractivity contribution in [1.82, 2.24) is 15.3 Å². The number of carbonyl (C=O) groups is 1. The summed E-state index contributed by atoms with van der Waals surface area (Å²) in [5.41, 5.74) is 0.408. The predicted octanol–water partition coefficient (Wildman–Crippen LogP) is 2.86. The van der Waals surface area contributed by atoms with Gasteiger partial charge in [0.1, 0.15) is 10.8 Å². The standard InChI is InChI=1S/C13H15ClN4OS/c1-3-15-11-4-9(10(14)6-16-11)13(19)18-7-12-17-5-8(2)20-12/h4-6H,3,7H2,1-2H3,(H,15,16)(H,18,19). The molecule has 2 rings (SSSR count). The molecule has 2 heterocycles. The molecule has 0 unspecified atom stereocenters. The molecule has 2 aromatic rings. The van der Waals surface area contributed by atoms with Crippen LogP contribution in [0.4, 0.5) is 5.82 Å². The van der Waals surface area contributed by atoms with Gasteiger partial charge >= 0.3 is 0 Å². The lowest BCUT2D eigenvalue weighted by Crippen LogP contribution is -2.23. The minimum absolute atomic E-state index is 0.232. The summed E-state index contributed by atoms with van der Waals surface area (Å²) in [5, 5.41) is 7.06. The molecule has 106 valence electrons. The van der Waals surface area contributed by atoms with E-state index in [4.69, 9.17) is 11.6 Å². The molecule has 0 spiro atoms. The SMILES string of the molecule is CCNc1cc(C(=O)NCc2ncc(C)s2)c(Cl)cn1. The Bertz CT molecular complexity index is 614. The van der Waals surface area contributed by atoms with E-state index < -0.39 is 0 Å². The maximum Gasteiger partial charge on any atom is 0.253 e. The Morgan fingerprint density at radius 3 is 2.85 bits per heavy atom. The first kappa shape index (κ1) is 14.7. The van der Waals surface area contributed by atoms with Gasteiger partial charge in [-0.05, 0) is 19.9 Å². The Morgan fingerprint density at radius 2 is 2.20 bits per heavy atom. The third-order valence-electron chi connectivity index (χ3n) is 2.53. The van der Waals surface area contributed by atoms with Crippen LogP contribution in [0.3, 0.4) is 0 Å². The number of hydrogen-bond acceptors (Lipinski definition) is 5. The van der Waals surface area contributed by atoms with Gasteiger partial charge in [0.25, 0.3) is 5.91 Å². The van der Waals surface area contributed by atoms with Crippen molar-refractivity contribution < 1.29 is 4.79 Å². The van der Waals surface area contributed by atoms with Gasteiger partial charge in [-0.2, -0.15) is 0 Å². The van der Waals surface area contributed by atoms with Crippen LogP contribution in [0.15, 0.2) is 18.5 Å². The third kappa shape index (κ3) is 3.68. The molecule has 0 aliphatic rings. The lowest BCUT2D eigenvalue weighted by atomic mass is 10.2. The molecule has 0 saturated heterocycles. The number of halogens is 1. The van der Waals surface area contributed by atoms with Gasteiger partial charge in [-0.3, -0.25) is 4.79 Å². The number of carbonyl (C=O) groups excluding carboxylic acids is 1. The van der Waals surface area contributed by atoms with Gasteiger partial charge < -0.3 is 10.6 Å². The second-order valence-electron chi connectivity index (χ2n) is 4.13. The van der Waals surface area contributed by atoms with Crippen molar-refractivity contribution in [3.63, 3.8) is 0 Å². The fourth-order valence-corrected chi connectivity index (χ4v) is 2.54. The first-order valence-electron chi connectivity index (χ1n) is 6.19. The number of rotatable bonds is 5. The Labute approximate surface area is 126 Å². The van der Waals surface area contributed by atoms with Gasteiger partial charge in [0.15, 0.2) is 0 Å². The van der Waals surface area contributed by atoms with Crippen molar-refractivity contribution in [3.8, 4) is 0 Å². The van der Waals surface area contributed by atoms with Crippen LogP contribution in [0.5, 0.6) is 0 Å². The number of aromatic nitrogens is 2. The quantitative estimate of drug-likeness (QED) is 0.891. The normalized spacial score (nSPS) is 10.3. The summed E-state index contributed by atoms with van der Waals surface area (Å²) >= 11 is 7.57. The molecule has 7 heteroatoms. The summed E-state index contributed by atoms with van der Waals surface area (Å²) in [4.78, 5) is 21.5. The Balaban J connectivity index is 2.06. The minimum atomic E-state index is -0.232. The van der Waals surface area contributed by atoms with Crippen LogP contribution in [-0.4, -0.2) is 22.4 Å². The second-order valence-corrected chi connectivity index (χ2v) is 5.85. The number of amides is 1. The van der Waals surface area contributed by atoms with E-state index in [1.54, 1.807) is 23.6 Å². The van der Waals surface area contributed by atoms with Gasteiger partial charge in [0.05, 0.1) is 17.1 Å². The lowest BCUT2D eigenvalue weighted by Gasteiger charge is -2.08. The van der Waals surface area contributed by atoms with E-state index in [1.165, 1.54) is 6.20 Å². The van der Waals surface area contributed by atoms with Crippen LogP contribution in [0.1, 0.15) is 27.2 Å². The summed E-state index contributed by atoms with van der Waals surface area (Å²) in [5.74, 6) is 0.400. The number of pyridine rings is 1. The van der Waals surface area contributed by atoms with E-state index in [0.29, 0.717) is 22.9 Å². The highest BCUT2D eigenvalue weighted by atomic mass is 35.5. The Hall–Kier alpha value is -1.66. The van der Waals surface area contributed by atoms with Gasteiger partial charge in [-0.15, -0.1) is 11.3 Å². The summed E-state index contributed by atoms with van der Waals surface area (Å²) in [7, 11) is 0. The van der Waals surface area contributed by atoms with Crippen molar-refractivity contribution in [2.45, 2.75) is 20.4 Å². The molecule has 0 bridgehead atoms. The molecule has 0 radical (unpaired) electrons. The largest absolute Gasteiger partial charge is 0.370 e. The van der Waals surface area contributed by atoms with Crippen LogP contribution in [0.2, 0.25) is 5.02 Å². The van der Waals surface area contributed by atoms with Gasteiger partial charge in [-0.1, -0.05) is 11.6 Å². The molecule has 2 N–H and O–H groups in total. The summed E-state index contributed by atoms with van der Waals surface area (Å²) in [6.45, 7) is 5.06. The molecule has 2 aromatic heterocycles. The molecular formula is C13H15ClN4OS. The van der Waals surface area contributed by atoms with Crippen molar-refractivity contribution in [2.75, 3.05) is 11.9 Å². The number of nitrogens with one attached hydrogen (secondary N) is 2. The van der Waals surface area contributed by atoms with E-state index in [9.17, 15) is 4.79 Å². The number of nitrogens with zero attached hydrogens (tertiary/aromatic N) is 2. The van der Waals surface area contributed by atoms with Crippen LogP contribution in [0, 0.1) is 6.92 Å². The van der Waals surface area contributed by atoms with Gasteiger partial charge in [0.2, 0.25) is 0 Å². The van der Waals surface area contributed by atoms with Gasteiger partial charge in [0, 0.05) is 23.8 Å². The monoisotopic (exact) mass is 310 g/mol. The number of anilines is 1. The van der Waals surface area contributed by atoms with E-state index in [1.807, 2.05) is 13.8 Å². The maximum absolute atomic E-state index is 12.1. The third-order valence-corrected chi connectivity index (χ3v) is 3.74. The Morgan fingerprint density at radius 1 is 1.40 bits per heavy atom. The fraction of sp³-hybridized carbons (Fsp3) is 0.308. The van der Waals surface area contributed by atoms with Crippen LogP contribution in [-0.2, 0) is 6.54 Å². The fourth-order valence-electron chi connectivity index (χ4n) is 1.62. The first-order valence-corrected chi connectivity index (χ1v) is 7.38. The molecule has 1 amide bonds. The summed E-state index contributed by atoms with van der Waals surface area (Å²) in [6.07, 6.45) is 3.26.